The van der Waals surface area contributed by atoms with Crippen LogP contribution in [0.15, 0.2) is 114 Å². The maximum atomic E-state index is 13.9. The van der Waals surface area contributed by atoms with Gasteiger partial charge in [0, 0.05) is 40.8 Å². The topological polar surface area (TPSA) is 85.8 Å². The Morgan fingerprint density at radius 1 is 0.667 bits per heavy atom. The summed E-state index contributed by atoms with van der Waals surface area (Å²) in [7, 11) is 0. The van der Waals surface area contributed by atoms with E-state index in [0.717, 1.165) is 45.0 Å². The molecule has 4 aromatic heterocycles. The molecule has 4 aromatic carbocycles. The molecule has 0 saturated carbocycles. The van der Waals surface area contributed by atoms with Crippen molar-refractivity contribution in [2.24, 2.45) is 0 Å². The minimum atomic E-state index is -0.190. The number of hydrogen-bond acceptors (Lipinski definition) is 5. The average molecular weight is 544 g/mol. The minimum absolute atomic E-state index is 0.190. The number of phenols is 1. The van der Waals surface area contributed by atoms with Crippen molar-refractivity contribution in [1.29, 1.82) is 0 Å². The molecule has 42 heavy (non-hydrogen) atoms. The fourth-order valence-electron chi connectivity index (χ4n) is 6.35. The number of benzene rings is 4. The molecule has 0 bridgehead atoms. The van der Waals surface area contributed by atoms with Crippen molar-refractivity contribution in [2.45, 2.75) is 6.42 Å². The van der Waals surface area contributed by atoms with Crippen LogP contribution in [-0.4, -0.2) is 29.2 Å². The quantitative estimate of drug-likeness (QED) is 0.251. The van der Waals surface area contributed by atoms with Crippen LogP contribution >= 0.6 is 0 Å². The number of fused-ring (bicyclic) bond motifs is 8. The number of rotatable bonds is 3. The molecule has 0 aliphatic heterocycles. The van der Waals surface area contributed by atoms with E-state index in [4.69, 9.17) is 9.97 Å². The molecule has 1 N–H and O–H groups in total. The smallest absolute Gasteiger partial charge is 0.266 e. The molecule has 0 unspecified atom stereocenters. The van der Waals surface area contributed by atoms with Gasteiger partial charge >= 0.3 is 0 Å². The normalized spacial score (nSPS) is 12.4. The lowest BCUT2D eigenvalue weighted by Crippen LogP contribution is -2.20. The van der Waals surface area contributed by atoms with Crippen LogP contribution in [0, 0.1) is 0 Å². The zero-order valence-corrected chi connectivity index (χ0v) is 22.2. The van der Waals surface area contributed by atoms with E-state index in [-0.39, 0.29) is 11.3 Å². The maximum absolute atomic E-state index is 13.9. The van der Waals surface area contributed by atoms with E-state index in [1.807, 2.05) is 72.8 Å². The Balaban J connectivity index is 1.35. The van der Waals surface area contributed by atoms with Crippen molar-refractivity contribution < 1.29 is 5.11 Å². The molecule has 0 fully saturated rings. The summed E-state index contributed by atoms with van der Waals surface area (Å²) in [5.41, 5.74) is 8.76. The predicted octanol–water partition coefficient (Wildman–Crippen LogP) is 6.70. The van der Waals surface area contributed by atoms with Crippen molar-refractivity contribution in [3.05, 3.63) is 131 Å². The lowest BCUT2D eigenvalue weighted by molar-refractivity contribution is 0.477. The summed E-state index contributed by atoms with van der Waals surface area (Å²) in [4.78, 5) is 28.4. The molecule has 0 radical (unpaired) electrons. The van der Waals surface area contributed by atoms with Gasteiger partial charge < -0.3 is 5.11 Å². The molecule has 7 heteroatoms. The highest BCUT2D eigenvalue weighted by atomic mass is 16.3. The fourth-order valence-corrected chi connectivity index (χ4v) is 6.35. The van der Waals surface area contributed by atoms with E-state index < -0.39 is 0 Å². The van der Waals surface area contributed by atoms with Crippen LogP contribution in [0.1, 0.15) is 11.1 Å². The van der Waals surface area contributed by atoms with Gasteiger partial charge in [0.2, 0.25) is 5.95 Å². The Kier molecular flexibility index (Phi) is 4.56. The summed E-state index contributed by atoms with van der Waals surface area (Å²) in [6.45, 7) is 0. The summed E-state index contributed by atoms with van der Waals surface area (Å²) < 4.78 is 3.77. The first-order valence-corrected chi connectivity index (χ1v) is 13.8. The number of aromatic nitrogens is 5. The Morgan fingerprint density at radius 3 is 2.33 bits per heavy atom. The second kappa shape index (κ2) is 8.34. The summed E-state index contributed by atoms with van der Waals surface area (Å²) in [6.07, 6.45) is 4.18. The summed E-state index contributed by atoms with van der Waals surface area (Å²) in [5.74, 6) is 0.759. The van der Waals surface area contributed by atoms with Crippen molar-refractivity contribution in [3.63, 3.8) is 0 Å². The van der Waals surface area contributed by atoms with E-state index in [1.54, 1.807) is 23.0 Å². The minimum Gasteiger partial charge on any atom is -0.507 e. The van der Waals surface area contributed by atoms with Crippen LogP contribution in [0.2, 0.25) is 0 Å². The molecule has 4 heterocycles. The van der Waals surface area contributed by atoms with Gasteiger partial charge in [0.1, 0.15) is 16.8 Å². The molecule has 0 saturated heterocycles. The Bertz CT molecular complexity index is 2480. The molecule has 8 aromatic rings. The third-order valence-corrected chi connectivity index (χ3v) is 8.28. The van der Waals surface area contributed by atoms with Crippen LogP contribution < -0.4 is 5.56 Å². The first kappa shape index (κ1) is 22.9. The first-order valence-electron chi connectivity index (χ1n) is 13.8. The number of nitrogens with zero attached hydrogens (tertiary/aromatic N) is 5. The van der Waals surface area contributed by atoms with E-state index in [2.05, 4.69) is 27.8 Å². The van der Waals surface area contributed by atoms with E-state index in [1.165, 1.54) is 11.1 Å². The van der Waals surface area contributed by atoms with Crippen molar-refractivity contribution in [2.75, 3.05) is 0 Å². The number of hydrogen-bond donors (Lipinski definition) is 1. The SMILES string of the molecule is O=c1c2cnc(-n3c4ccccc4c4cc(-c5ccccc5O)c5c(c43)C5)nc2c2ncccc2n1-c1ccccc1. The van der Waals surface area contributed by atoms with E-state index in [0.29, 0.717) is 27.9 Å². The van der Waals surface area contributed by atoms with Crippen LogP contribution in [0.5, 0.6) is 5.75 Å². The van der Waals surface area contributed by atoms with Crippen LogP contribution in [0.3, 0.4) is 0 Å². The average Bonchev–Trinajstić information content (AvgIpc) is 3.77. The summed E-state index contributed by atoms with van der Waals surface area (Å²) in [5, 5.41) is 13.2. The highest BCUT2D eigenvalue weighted by Gasteiger charge is 2.31. The molecular weight excluding hydrogens is 522 g/mol. The fraction of sp³-hybridized carbons (Fsp3) is 0.0286. The Hall–Kier alpha value is -5.82. The lowest BCUT2D eigenvalue weighted by atomic mass is 10.0. The number of para-hydroxylation sites is 3. The standard InChI is InChI=1S/C35H21N5O2/c41-30-15-7-5-12-22(30)23-17-25-21-11-4-6-13-28(21)40(33(25)26-18-24(23)26)35-37-19-27-31(38-35)32-29(14-8-16-36-32)39(34(27)42)20-9-2-1-3-10-20/h1-17,19,41H,18H2. The van der Waals surface area contributed by atoms with Gasteiger partial charge in [-0.05, 0) is 59.2 Å². The van der Waals surface area contributed by atoms with Gasteiger partial charge in [0.15, 0.2) is 0 Å². The lowest BCUT2D eigenvalue weighted by Gasteiger charge is -2.13. The van der Waals surface area contributed by atoms with Crippen LogP contribution in [0.4, 0.5) is 0 Å². The molecule has 7 nitrogen and oxygen atoms in total. The molecule has 0 amide bonds. The van der Waals surface area contributed by atoms with Gasteiger partial charge in [-0.3, -0.25) is 18.9 Å². The zero-order valence-electron chi connectivity index (χ0n) is 22.2. The van der Waals surface area contributed by atoms with Gasteiger partial charge in [-0.25, -0.2) is 9.97 Å². The third kappa shape index (κ3) is 3.10. The van der Waals surface area contributed by atoms with Crippen LogP contribution in [-0.2, 0) is 6.42 Å². The molecule has 1 aliphatic rings. The van der Waals surface area contributed by atoms with Gasteiger partial charge in [0.25, 0.3) is 5.56 Å². The second-order valence-electron chi connectivity index (χ2n) is 10.6. The molecule has 9 rings (SSSR count). The second-order valence-corrected chi connectivity index (χ2v) is 10.6. The maximum Gasteiger partial charge on any atom is 0.266 e. The van der Waals surface area contributed by atoms with Crippen molar-refractivity contribution in [3.8, 4) is 28.5 Å². The Labute approximate surface area is 238 Å². The molecule has 0 atom stereocenters. The van der Waals surface area contributed by atoms with Crippen LogP contribution in [0.25, 0.3) is 66.5 Å². The van der Waals surface area contributed by atoms with E-state index in [9.17, 15) is 9.90 Å². The molecule has 1 aliphatic carbocycles. The highest BCUT2D eigenvalue weighted by molar-refractivity contribution is 6.14. The van der Waals surface area contributed by atoms with Gasteiger partial charge in [-0.1, -0.05) is 54.6 Å². The molecule has 198 valence electrons. The number of pyridine rings is 2. The van der Waals surface area contributed by atoms with Gasteiger partial charge in [-0.15, -0.1) is 0 Å². The zero-order chi connectivity index (χ0) is 27.9. The monoisotopic (exact) mass is 543 g/mol. The van der Waals surface area contributed by atoms with Crippen molar-refractivity contribution >= 4 is 43.7 Å². The molecular formula is C35H21N5O2. The Morgan fingerprint density at radius 2 is 1.45 bits per heavy atom. The van der Waals surface area contributed by atoms with Gasteiger partial charge in [-0.2, -0.15) is 0 Å². The third-order valence-electron chi connectivity index (χ3n) is 8.28. The summed E-state index contributed by atoms with van der Waals surface area (Å²) >= 11 is 0. The number of phenolic OH excluding ortho intramolecular Hbond substituents is 1. The number of aromatic hydroxyl groups is 1. The van der Waals surface area contributed by atoms with Crippen molar-refractivity contribution in [1.82, 2.24) is 24.1 Å². The first-order chi connectivity index (χ1) is 20.7. The predicted molar refractivity (Wildman–Crippen MR) is 165 cm³/mol. The highest BCUT2D eigenvalue weighted by Crippen LogP contribution is 2.48. The largest absolute Gasteiger partial charge is 0.507 e. The van der Waals surface area contributed by atoms with Gasteiger partial charge in [0.05, 0.1) is 21.9 Å². The van der Waals surface area contributed by atoms with E-state index >= 15 is 0 Å². The summed E-state index contributed by atoms with van der Waals surface area (Å²) in [6, 6.07) is 31.2. The molecule has 0 spiro atoms.